The highest BCUT2D eigenvalue weighted by Crippen LogP contribution is 2.33. The lowest BCUT2D eigenvalue weighted by Gasteiger charge is -2.12. The van der Waals surface area contributed by atoms with Crippen LogP contribution in [0, 0.1) is 5.82 Å². The summed E-state index contributed by atoms with van der Waals surface area (Å²) in [6.45, 7) is -0.149. The van der Waals surface area contributed by atoms with Crippen molar-refractivity contribution in [1.29, 1.82) is 0 Å². The minimum absolute atomic E-state index is 0.0827. The minimum Gasteiger partial charge on any atom is -0.478 e. The molecule has 0 aliphatic carbocycles. The summed E-state index contributed by atoms with van der Waals surface area (Å²) >= 11 is 0.745. The molecule has 126 valence electrons. The van der Waals surface area contributed by atoms with E-state index in [2.05, 4.69) is 0 Å². The zero-order valence-corrected chi connectivity index (χ0v) is 13.6. The average Bonchev–Trinajstić information content (AvgIpc) is 2.84. The van der Waals surface area contributed by atoms with Crippen LogP contribution in [0.25, 0.3) is 6.08 Å². The van der Waals surface area contributed by atoms with Crippen LogP contribution in [0.5, 0.6) is 0 Å². The number of rotatable bonds is 4. The molecule has 0 bridgehead atoms. The van der Waals surface area contributed by atoms with Gasteiger partial charge >= 0.3 is 5.97 Å². The zero-order chi connectivity index (χ0) is 18.0. The highest BCUT2D eigenvalue weighted by molar-refractivity contribution is 8.18. The average molecular weight is 357 g/mol. The number of carboxylic acids is 1. The first-order valence-electron chi connectivity index (χ1n) is 7.28. The van der Waals surface area contributed by atoms with Gasteiger partial charge in [0.25, 0.3) is 11.1 Å². The summed E-state index contributed by atoms with van der Waals surface area (Å²) in [5.74, 6) is -2.10. The van der Waals surface area contributed by atoms with Gasteiger partial charge in [-0.25, -0.2) is 9.18 Å². The summed E-state index contributed by atoms with van der Waals surface area (Å²) in [7, 11) is 0. The van der Waals surface area contributed by atoms with Crippen LogP contribution < -0.4 is 0 Å². The summed E-state index contributed by atoms with van der Waals surface area (Å²) in [5.41, 5.74) is 0.828. The standard InChI is InChI=1S/C18H12FNO4S/c19-14-7-2-1-5-13(14)10-20-16(21)15(25-18(20)24)9-11-4-3-6-12(8-11)17(22)23/h1-9H,10H2,(H,22,23)/b15-9+. The van der Waals surface area contributed by atoms with Gasteiger partial charge in [0.15, 0.2) is 0 Å². The van der Waals surface area contributed by atoms with Crippen LogP contribution in [0.15, 0.2) is 53.4 Å². The Morgan fingerprint density at radius 3 is 2.64 bits per heavy atom. The van der Waals surface area contributed by atoms with Crippen LogP contribution in [-0.4, -0.2) is 27.1 Å². The van der Waals surface area contributed by atoms with E-state index < -0.39 is 22.9 Å². The summed E-state index contributed by atoms with van der Waals surface area (Å²) in [5, 5.41) is 8.51. The molecule has 0 aromatic heterocycles. The van der Waals surface area contributed by atoms with E-state index >= 15 is 0 Å². The molecule has 7 heteroatoms. The fourth-order valence-corrected chi connectivity index (χ4v) is 3.18. The molecule has 25 heavy (non-hydrogen) atoms. The lowest BCUT2D eigenvalue weighted by Crippen LogP contribution is -2.27. The molecule has 1 heterocycles. The van der Waals surface area contributed by atoms with Crippen LogP contribution in [0.4, 0.5) is 9.18 Å². The number of nitrogens with zero attached hydrogens (tertiary/aromatic N) is 1. The molecule has 2 amide bonds. The highest BCUT2D eigenvalue weighted by Gasteiger charge is 2.35. The molecule has 3 rings (SSSR count). The van der Waals surface area contributed by atoms with Crippen LogP contribution in [-0.2, 0) is 11.3 Å². The molecule has 5 nitrogen and oxygen atoms in total. The number of carbonyl (C=O) groups is 3. The highest BCUT2D eigenvalue weighted by atomic mass is 32.2. The van der Waals surface area contributed by atoms with Crippen molar-refractivity contribution in [3.8, 4) is 0 Å². The van der Waals surface area contributed by atoms with E-state index in [1.54, 1.807) is 18.2 Å². The van der Waals surface area contributed by atoms with Gasteiger partial charge in [-0.3, -0.25) is 14.5 Å². The molecule has 2 aromatic rings. The lowest BCUT2D eigenvalue weighted by molar-refractivity contribution is -0.123. The number of carboxylic acid groups (broad SMARTS) is 1. The van der Waals surface area contributed by atoms with Gasteiger partial charge in [-0.05, 0) is 41.6 Å². The number of aromatic carboxylic acids is 1. The largest absolute Gasteiger partial charge is 0.478 e. The van der Waals surface area contributed by atoms with Gasteiger partial charge in [-0.2, -0.15) is 0 Å². The van der Waals surface area contributed by atoms with Gasteiger partial charge in [0.05, 0.1) is 17.0 Å². The van der Waals surface area contributed by atoms with E-state index in [0.717, 1.165) is 16.7 Å². The Morgan fingerprint density at radius 2 is 1.92 bits per heavy atom. The van der Waals surface area contributed by atoms with Crippen molar-refractivity contribution in [1.82, 2.24) is 4.90 Å². The number of amides is 2. The van der Waals surface area contributed by atoms with Gasteiger partial charge in [0.2, 0.25) is 0 Å². The third-order valence-corrected chi connectivity index (χ3v) is 4.50. The molecular weight excluding hydrogens is 345 g/mol. The predicted octanol–water partition coefficient (Wildman–Crippen LogP) is 3.76. The van der Waals surface area contributed by atoms with E-state index in [9.17, 15) is 18.8 Å². The minimum atomic E-state index is -1.08. The van der Waals surface area contributed by atoms with Crippen LogP contribution >= 0.6 is 11.8 Å². The smallest absolute Gasteiger partial charge is 0.335 e. The molecule has 1 aliphatic heterocycles. The Kier molecular flexibility index (Phi) is 4.67. The second kappa shape index (κ2) is 6.90. The zero-order valence-electron chi connectivity index (χ0n) is 12.8. The second-order valence-corrected chi connectivity index (χ2v) is 6.28. The monoisotopic (exact) mass is 357 g/mol. The number of hydrogen-bond donors (Lipinski definition) is 1. The molecular formula is C18H12FNO4S. The Labute approximate surface area is 146 Å². The van der Waals surface area contributed by atoms with Crippen LogP contribution in [0.3, 0.4) is 0 Å². The van der Waals surface area contributed by atoms with Crippen LogP contribution in [0.1, 0.15) is 21.5 Å². The molecule has 1 aliphatic rings. The summed E-state index contributed by atoms with van der Waals surface area (Å²) in [6.07, 6.45) is 1.46. The van der Waals surface area contributed by atoms with Crippen molar-refractivity contribution in [2.45, 2.75) is 6.54 Å². The summed E-state index contributed by atoms with van der Waals surface area (Å²) in [6, 6.07) is 12.0. The predicted molar refractivity (Wildman–Crippen MR) is 91.3 cm³/mol. The van der Waals surface area contributed by atoms with E-state index in [-0.39, 0.29) is 22.6 Å². The Morgan fingerprint density at radius 1 is 1.16 bits per heavy atom. The number of hydrogen-bond acceptors (Lipinski definition) is 4. The quantitative estimate of drug-likeness (QED) is 0.844. The Balaban J connectivity index is 1.85. The van der Waals surface area contributed by atoms with E-state index in [0.29, 0.717) is 5.56 Å². The number of thioether (sulfide) groups is 1. The van der Waals surface area contributed by atoms with Crippen molar-refractivity contribution < 1.29 is 23.9 Å². The fraction of sp³-hybridized carbons (Fsp3) is 0.0556. The Bertz CT molecular complexity index is 909. The molecule has 1 saturated heterocycles. The first-order valence-corrected chi connectivity index (χ1v) is 8.09. The van der Waals surface area contributed by atoms with Crippen molar-refractivity contribution in [2.75, 3.05) is 0 Å². The van der Waals surface area contributed by atoms with E-state index in [1.165, 1.54) is 36.4 Å². The first kappa shape index (κ1) is 16.9. The van der Waals surface area contributed by atoms with Crippen molar-refractivity contribution >= 4 is 35.0 Å². The third kappa shape index (κ3) is 3.61. The van der Waals surface area contributed by atoms with Gasteiger partial charge < -0.3 is 5.11 Å². The van der Waals surface area contributed by atoms with Crippen LogP contribution in [0.2, 0.25) is 0 Å². The van der Waals surface area contributed by atoms with Crippen molar-refractivity contribution in [2.24, 2.45) is 0 Å². The maximum Gasteiger partial charge on any atom is 0.335 e. The van der Waals surface area contributed by atoms with Crippen molar-refractivity contribution in [3.63, 3.8) is 0 Å². The second-order valence-electron chi connectivity index (χ2n) is 5.29. The van der Waals surface area contributed by atoms with Gasteiger partial charge in [-0.15, -0.1) is 0 Å². The SMILES string of the molecule is O=C(O)c1cccc(/C=C2/SC(=O)N(Cc3ccccc3F)C2=O)c1. The van der Waals surface area contributed by atoms with Crippen molar-refractivity contribution in [3.05, 3.63) is 75.9 Å². The van der Waals surface area contributed by atoms with Gasteiger partial charge in [0.1, 0.15) is 5.82 Å². The molecule has 1 N–H and O–H groups in total. The molecule has 0 unspecified atom stereocenters. The summed E-state index contributed by atoms with van der Waals surface area (Å²) < 4.78 is 13.7. The number of halogens is 1. The fourth-order valence-electron chi connectivity index (χ4n) is 2.35. The number of carbonyl (C=O) groups excluding carboxylic acids is 2. The summed E-state index contributed by atoms with van der Waals surface area (Å²) in [4.78, 5) is 36.7. The third-order valence-electron chi connectivity index (χ3n) is 3.59. The maximum atomic E-state index is 13.7. The molecule has 1 fully saturated rings. The molecule has 0 spiro atoms. The molecule has 2 aromatic carbocycles. The maximum absolute atomic E-state index is 13.7. The van der Waals surface area contributed by atoms with Gasteiger partial charge in [-0.1, -0.05) is 30.3 Å². The molecule has 0 atom stereocenters. The number of benzene rings is 2. The lowest BCUT2D eigenvalue weighted by atomic mass is 10.1. The Hall–Kier alpha value is -2.93. The normalized spacial score (nSPS) is 15.9. The topological polar surface area (TPSA) is 74.7 Å². The van der Waals surface area contributed by atoms with Gasteiger partial charge in [0, 0.05) is 5.56 Å². The van der Waals surface area contributed by atoms with E-state index in [4.69, 9.17) is 5.11 Å². The number of imide groups is 1. The molecule has 0 radical (unpaired) electrons. The first-order chi connectivity index (χ1) is 12.0. The molecule has 0 saturated carbocycles. The van der Waals surface area contributed by atoms with E-state index in [1.807, 2.05) is 0 Å².